The number of ether oxygens (including phenoxy) is 2. The van der Waals surface area contributed by atoms with E-state index in [9.17, 15) is 23.1 Å². The number of carbonyl (C=O) groups excluding carboxylic acids is 1. The van der Waals surface area contributed by atoms with Crippen molar-refractivity contribution in [2.24, 2.45) is 5.92 Å². The number of rotatable bonds is 7. The van der Waals surface area contributed by atoms with Gasteiger partial charge in [-0.15, -0.1) is 0 Å². The molecule has 0 saturated carbocycles. The molecule has 0 spiro atoms. The summed E-state index contributed by atoms with van der Waals surface area (Å²) < 4.78 is 52.3. The third-order valence-electron chi connectivity index (χ3n) is 7.42. The number of anilines is 1. The Morgan fingerprint density at radius 3 is 2.53 bits per heavy atom. The van der Waals surface area contributed by atoms with Gasteiger partial charge in [0.1, 0.15) is 24.9 Å². The van der Waals surface area contributed by atoms with Crippen LogP contribution >= 0.6 is 11.6 Å². The number of likely N-dealkylation sites (tertiary alicyclic amines) is 1. The molecule has 3 aliphatic rings. The van der Waals surface area contributed by atoms with Crippen molar-refractivity contribution in [1.29, 1.82) is 0 Å². The van der Waals surface area contributed by atoms with Crippen molar-refractivity contribution in [3.63, 3.8) is 0 Å². The van der Waals surface area contributed by atoms with Crippen molar-refractivity contribution < 1.29 is 32.5 Å². The minimum absolute atomic E-state index is 0.0139. The molecule has 0 aromatic heterocycles. The second kappa shape index (κ2) is 11.2. The standard InChI is InChI=1S/C27H31ClF3N3O4/c28-19-3-5-20(6-4-19)34-10-7-17(15-34)26(36)32-22(16-33-8-1-2-9-33)24(35)18-13-21(27(29,30)31)25-23(14-18)37-11-12-38-25/h3-6,13-14,17,22,24,35H,1-2,7-12,15-16H2,(H,32,36)/t17?,22-,24-/m1/s1. The maximum atomic E-state index is 13.9. The molecular formula is C27H31ClF3N3O4. The Morgan fingerprint density at radius 1 is 1.11 bits per heavy atom. The molecule has 3 atom stereocenters. The molecule has 2 saturated heterocycles. The zero-order chi connectivity index (χ0) is 26.9. The van der Waals surface area contributed by atoms with E-state index in [1.54, 1.807) is 12.1 Å². The summed E-state index contributed by atoms with van der Waals surface area (Å²) in [6.45, 7) is 3.27. The van der Waals surface area contributed by atoms with E-state index in [2.05, 4.69) is 15.1 Å². The van der Waals surface area contributed by atoms with E-state index in [4.69, 9.17) is 21.1 Å². The van der Waals surface area contributed by atoms with Gasteiger partial charge in [-0.05, 0) is 74.3 Å². The molecule has 5 rings (SSSR count). The van der Waals surface area contributed by atoms with Crippen LogP contribution in [0.2, 0.25) is 5.02 Å². The number of aliphatic hydroxyl groups excluding tert-OH is 1. The molecule has 0 bridgehead atoms. The van der Waals surface area contributed by atoms with Crippen LogP contribution in [0.4, 0.5) is 18.9 Å². The maximum Gasteiger partial charge on any atom is 0.420 e. The van der Waals surface area contributed by atoms with E-state index < -0.39 is 23.9 Å². The number of fused-ring (bicyclic) bond motifs is 1. The summed E-state index contributed by atoms with van der Waals surface area (Å²) in [4.78, 5) is 17.6. The summed E-state index contributed by atoms with van der Waals surface area (Å²) in [6.07, 6.45) is -3.44. The van der Waals surface area contributed by atoms with E-state index in [1.165, 1.54) is 6.07 Å². The fraction of sp³-hybridized carbons (Fsp3) is 0.519. The van der Waals surface area contributed by atoms with E-state index in [1.807, 2.05) is 12.1 Å². The second-order valence-corrected chi connectivity index (χ2v) is 10.5. The van der Waals surface area contributed by atoms with Crippen LogP contribution in [0.15, 0.2) is 36.4 Å². The summed E-state index contributed by atoms with van der Waals surface area (Å²) >= 11 is 5.99. The van der Waals surface area contributed by atoms with Crippen molar-refractivity contribution >= 4 is 23.2 Å². The number of benzene rings is 2. The van der Waals surface area contributed by atoms with Gasteiger partial charge in [0.2, 0.25) is 5.91 Å². The Labute approximate surface area is 224 Å². The van der Waals surface area contributed by atoms with Crippen LogP contribution in [0, 0.1) is 5.92 Å². The number of hydrogen-bond acceptors (Lipinski definition) is 6. The van der Waals surface area contributed by atoms with Gasteiger partial charge in [0, 0.05) is 30.3 Å². The Kier molecular flexibility index (Phi) is 7.93. The van der Waals surface area contributed by atoms with Crippen LogP contribution in [0.1, 0.15) is 36.5 Å². The Morgan fingerprint density at radius 2 is 1.82 bits per heavy atom. The lowest BCUT2D eigenvalue weighted by atomic mass is 9.97. The van der Waals surface area contributed by atoms with E-state index >= 15 is 0 Å². The smallest absolute Gasteiger partial charge is 0.420 e. The molecule has 11 heteroatoms. The Bertz CT molecular complexity index is 1140. The second-order valence-electron chi connectivity index (χ2n) is 10.1. The number of amides is 1. The monoisotopic (exact) mass is 553 g/mol. The fourth-order valence-electron chi connectivity index (χ4n) is 5.42. The van der Waals surface area contributed by atoms with Crippen molar-refractivity contribution in [3.05, 3.63) is 52.5 Å². The molecule has 206 valence electrons. The predicted octanol–water partition coefficient (Wildman–Crippen LogP) is 4.27. The quantitative estimate of drug-likeness (QED) is 0.533. The molecule has 2 aromatic rings. The molecule has 1 unspecified atom stereocenters. The van der Waals surface area contributed by atoms with Gasteiger partial charge in [-0.25, -0.2) is 0 Å². The van der Waals surface area contributed by atoms with Crippen molar-refractivity contribution in [2.45, 2.75) is 37.6 Å². The molecule has 0 aliphatic carbocycles. The summed E-state index contributed by atoms with van der Waals surface area (Å²) in [5.41, 5.74) is -0.000933. The number of alkyl halides is 3. The van der Waals surface area contributed by atoms with Gasteiger partial charge in [0.15, 0.2) is 11.5 Å². The largest absolute Gasteiger partial charge is 0.486 e. The highest BCUT2D eigenvalue weighted by atomic mass is 35.5. The first-order valence-electron chi connectivity index (χ1n) is 12.9. The first-order chi connectivity index (χ1) is 18.2. The first kappa shape index (κ1) is 26.9. The number of nitrogens with one attached hydrogen (secondary N) is 1. The maximum absolute atomic E-state index is 13.9. The third kappa shape index (κ3) is 5.97. The van der Waals surface area contributed by atoms with Crippen LogP contribution < -0.4 is 19.7 Å². The van der Waals surface area contributed by atoms with Crippen LogP contribution in [0.25, 0.3) is 0 Å². The lowest BCUT2D eigenvalue weighted by molar-refractivity contribution is -0.139. The SMILES string of the molecule is O=C(N[C@H](CN1CCCC1)[C@H](O)c1cc2c(c(C(F)(F)F)c1)OCCO2)C1CCN(c2ccc(Cl)cc2)C1. The molecule has 0 radical (unpaired) electrons. The molecule has 3 heterocycles. The molecule has 1 amide bonds. The van der Waals surface area contributed by atoms with Gasteiger partial charge in [0.05, 0.1) is 12.0 Å². The highest BCUT2D eigenvalue weighted by Gasteiger charge is 2.39. The number of hydrogen-bond donors (Lipinski definition) is 2. The molecular weight excluding hydrogens is 523 g/mol. The van der Waals surface area contributed by atoms with Crippen LogP contribution in [-0.4, -0.2) is 67.9 Å². The highest BCUT2D eigenvalue weighted by molar-refractivity contribution is 6.30. The van der Waals surface area contributed by atoms with Gasteiger partial charge in [-0.2, -0.15) is 13.2 Å². The van der Waals surface area contributed by atoms with Crippen LogP contribution in [-0.2, 0) is 11.0 Å². The average Bonchev–Trinajstić information content (AvgIpc) is 3.60. The Hall–Kier alpha value is -2.69. The molecule has 2 N–H and O–H groups in total. The molecule has 3 aliphatic heterocycles. The molecule has 7 nitrogen and oxygen atoms in total. The van der Waals surface area contributed by atoms with E-state index in [0.717, 1.165) is 37.7 Å². The summed E-state index contributed by atoms with van der Waals surface area (Å²) in [5.74, 6) is -0.961. The van der Waals surface area contributed by atoms with Gasteiger partial charge in [-0.1, -0.05) is 11.6 Å². The minimum Gasteiger partial charge on any atom is -0.486 e. The average molecular weight is 554 g/mol. The van der Waals surface area contributed by atoms with Gasteiger partial charge in [-0.3, -0.25) is 4.79 Å². The topological polar surface area (TPSA) is 74.3 Å². The first-order valence-corrected chi connectivity index (χ1v) is 13.3. The van der Waals surface area contributed by atoms with Gasteiger partial charge < -0.3 is 29.7 Å². The van der Waals surface area contributed by atoms with Crippen molar-refractivity contribution in [1.82, 2.24) is 10.2 Å². The van der Waals surface area contributed by atoms with E-state index in [-0.39, 0.29) is 42.1 Å². The van der Waals surface area contributed by atoms with Gasteiger partial charge in [0.25, 0.3) is 0 Å². The minimum atomic E-state index is -4.69. The third-order valence-corrected chi connectivity index (χ3v) is 7.68. The van der Waals surface area contributed by atoms with Crippen LogP contribution in [0.5, 0.6) is 11.5 Å². The fourth-order valence-corrected chi connectivity index (χ4v) is 5.54. The van der Waals surface area contributed by atoms with Crippen molar-refractivity contribution in [2.75, 3.05) is 50.8 Å². The zero-order valence-corrected chi connectivity index (χ0v) is 21.6. The lowest BCUT2D eigenvalue weighted by Crippen LogP contribution is -2.48. The summed E-state index contributed by atoms with van der Waals surface area (Å²) in [6, 6.07) is 8.90. The number of aliphatic hydroxyl groups is 1. The van der Waals surface area contributed by atoms with E-state index in [0.29, 0.717) is 31.1 Å². The number of nitrogens with zero attached hydrogens (tertiary/aromatic N) is 2. The molecule has 2 aromatic carbocycles. The lowest BCUT2D eigenvalue weighted by Gasteiger charge is -2.31. The number of halogens is 4. The van der Waals surface area contributed by atoms with Crippen LogP contribution in [0.3, 0.4) is 0 Å². The van der Waals surface area contributed by atoms with Gasteiger partial charge >= 0.3 is 6.18 Å². The Balaban J connectivity index is 1.35. The van der Waals surface area contributed by atoms with Crippen molar-refractivity contribution in [3.8, 4) is 11.5 Å². The molecule has 2 fully saturated rings. The normalized spacial score (nSPS) is 21.4. The molecule has 38 heavy (non-hydrogen) atoms. The number of carbonyl (C=O) groups is 1. The predicted molar refractivity (Wildman–Crippen MR) is 137 cm³/mol. The highest BCUT2D eigenvalue weighted by Crippen LogP contribution is 2.45. The summed E-state index contributed by atoms with van der Waals surface area (Å²) in [5, 5.41) is 15.0. The zero-order valence-electron chi connectivity index (χ0n) is 20.8. The summed E-state index contributed by atoms with van der Waals surface area (Å²) in [7, 11) is 0.